The largest absolute Gasteiger partial charge is 0.339 e. The van der Waals surface area contributed by atoms with Crippen LogP contribution in [0.3, 0.4) is 0 Å². The molecule has 0 atom stereocenters. The zero-order valence-corrected chi connectivity index (χ0v) is 22.9. The van der Waals surface area contributed by atoms with Gasteiger partial charge in [0.2, 0.25) is 10.0 Å². The van der Waals surface area contributed by atoms with Gasteiger partial charge in [0, 0.05) is 50.2 Å². The van der Waals surface area contributed by atoms with Crippen LogP contribution >= 0.6 is 11.3 Å². The van der Waals surface area contributed by atoms with Crippen LogP contribution in [0.2, 0.25) is 0 Å². The number of nitrogens with one attached hydrogen (secondary N) is 1. The third kappa shape index (κ3) is 5.94. The van der Waals surface area contributed by atoms with Crippen LogP contribution in [-0.4, -0.2) is 74.6 Å². The highest BCUT2D eigenvalue weighted by molar-refractivity contribution is 7.89. The fourth-order valence-electron chi connectivity index (χ4n) is 4.15. The maximum atomic E-state index is 13.4. The van der Waals surface area contributed by atoms with Crippen molar-refractivity contribution in [2.24, 2.45) is 0 Å². The fourth-order valence-corrected chi connectivity index (χ4v) is 6.67. The maximum Gasteiger partial charge on any atom is 0.257 e. The van der Waals surface area contributed by atoms with Crippen molar-refractivity contribution in [3.8, 4) is 0 Å². The zero-order valence-electron chi connectivity index (χ0n) is 21.3. The Hall–Kier alpha value is -2.27. The number of fused-ring (bicyclic) bond motifs is 1. The number of carbonyl (C=O) groups is 2. The van der Waals surface area contributed by atoms with E-state index in [2.05, 4.69) is 10.2 Å². The Bertz CT molecular complexity index is 1150. The van der Waals surface area contributed by atoms with E-state index in [1.807, 2.05) is 27.8 Å². The number of rotatable bonds is 10. The van der Waals surface area contributed by atoms with Crippen LogP contribution in [0.5, 0.6) is 0 Å². The molecule has 2 amide bonds. The molecule has 8 nitrogen and oxygen atoms in total. The number of anilines is 1. The number of benzene rings is 1. The summed E-state index contributed by atoms with van der Waals surface area (Å²) in [5, 5.41) is 3.50. The van der Waals surface area contributed by atoms with Crippen molar-refractivity contribution >= 4 is 38.2 Å². The van der Waals surface area contributed by atoms with Gasteiger partial charge in [-0.3, -0.25) is 9.59 Å². The zero-order chi connectivity index (χ0) is 25.8. The van der Waals surface area contributed by atoms with Crippen LogP contribution in [0.25, 0.3) is 0 Å². The monoisotopic (exact) mass is 520 g/mol. The van der Waals surface area contributed by atoms with E-state index in [1.54, 1.807) is 11.9 Å². The molecule has 1 aromatic heterocycles. The molecule has 35 heavy (non-hydrogen) atoms. The van der Waals surface area contributed by atoms with Gasteiger partial charge in [-0.2, -0.15) is 0 Å². The van der Waals surface area contributed by atoms with E-state index in [0.717, 1.165) is 42.8 Å². The minimum Gasteiger partial charge on any atom is -0.339 e. The van der Waals surface area contributed by atoms with E-state index < -0.39 is 10.0 Å². The third-order valence-electron chi connectivity index (χ3n) is 6.39. The highest BCUT2D eigenvalue weighted by Crippen LogP contribution is 2.38. The van der Waals surface area contributed by atoms with E-state index in [9.17, 15) is 18.0 Å². The molecule has 0 radical (unpaired) electrons. The highest BCUT2D eigenvalue weighted by atomic mass is 32.2. The molecule has 0 fully saturated rings. The minimum atomic E-state index is -3.60. The first-order valence-corrected chi connectivity index (χ1v) is 14.4. The lowest BCUT2D eigenvalue weighted by Gasteiger charge is -2.24. The summed E-state index contributed by atoms with van der Waals surface area (Å²) in [6.07, 6.45) is 2.45. The summed E-state index contributed by atoms with van der Waals surface area (Å²) in [7, 11) is 0.00482. The van der Waals surface area contributed by atoms with Crippen LogP contribution in [0, 0.1) is 0 Å². The highest BCUT2D eigenvalue weighted by Gasteiger charge is 2.30. The molecule has 3 rings (SSSR count). The maximum absolute atomic E-state index is 13.4. The lowest BCUT2D eigenvalue weighted by molar-refractivity contribution is 0.0772. The number of amides is 2. The van der Waals surface area contributed by atoms with Crippen molar-refractivity contribution in [3.05, 3.63) is 45.8 Å². The van der Waals surface area contributed by atoms with Crippen LogP contribution in [0.4, 0.5) is 5.00 Å². The van der Waals surface area contributed by atoms with E-state index in [4.69, 9.17) is 0 Å². The van der Waals surface area contributed by atoms with Gasteiger partial charge in [-0.15, -0.1) is 11.3 Å². The smallest absolute Gasteiger partial charge is 0.257 e. The second kappa shape index (κ2) is 11.6. The van der Waals surface area contributed by atoms with Crippen LogP contribution in [0.1, 0.15) is 64.8 Å². The molecular formula is C25H36N4O4S2. The van der Waals surface area contributed by atoms with Crippen LogP contribution in [-0.2, 0) is 23.0 Å². The summed E-state index contributed by atoms with van der Waals surface area (Å²) < 4.78 is 26.9. The van der Waals surface area contributed by atoms with Gasteiger partial charge in [-0.1, -0.05) is 13.3 Å². The number of hydrogen-bond acceptors (Lipinski definition) is 6. The molecule has 1 aliphatic rings. The van der Waals surface area contributed by atoms with Gasteiger partial charge in [-0.25, -0.2) is 12.7 Å². The SMILES string of the molecule is CCCCN(C)S(=O)(=O)c1ccc(C(=O)Nc2sc3c(c2C(=O)N(CC)CC)CCN(C)C3)cc1. The van der Waals surface area contributed by atoms with Gasteiger partial charge in [0.15, 0.2) is 0 Å². The lowest BCUT2D eigenvalue weighted by Crippen LogP contribution is -2.33. The molecule has 2 aromatic rings. The second-order valence-corrected chi connectivity index (χ2v) is 12.0. The van der Waals surface area contributed by atoms with Crippen molar-refractivity contribution in [1.29, 1.82) is 0 Å². The van der Waals surface area contributed by atoms with E-state index >= 15 is 0 Å². The van der Waals surface area contributed by atoms with Gasteiger partial charge in [0.1, 0.15) is 5.00 Å². The Morgan fingerprint density at radius 2 is 1.77 bits per heavy atom. The lowest BCUT2D eigenvalue weighted by atomic mass is 10.0. The Labute approximate surface area is 213 Å². The van der Waals surface area contributed by atoms with Crippen molar-refractivity contribution in [2.75, 3.05) is 45.6 Å². The fraction of sp³-hybridized carbons (Fsp3) is 0.520. The van der Waals surface area contributed by atoms with Crippen LogP contribution in [0.15, 0.2) is 29.2 Å². The number of likely N-dealkylation sites (N-methyl/N-ethyl adjacent to an activating group) is 1. The first-order valence-electron chi connectivity index (χ1n) is 12.1. The van der Waals surface area contributed by atoms with E-state index in [1.165, 1.54) is 39.9 Å². The third-order valence-corrected chi connectivity index (χ3v) is 9.39. The van der Waals surface area contributed by atoms with Gasteiger partial charge < -0.3 is 15.1 Å². The predicted octanol–water partition coefficient (Wildman–Crippen LogP) is 3.89. The molecule has 192 valence electrons. The summed E-state index contributed by atoms with van der Waals surface area (Å²) in [5.41, 5.74) is 1.95. The Kier molecular flexibility index (Phi) is 9.09. The molecule has 0 aliphatic carbocycles. The molecule has 0 spiro atoms. The normalized spacial score (nSPS) is 14.1. The summed E-state index contributed by atoms with van der Waals surface area (Å²) in [6.45, 7) is 9.14. The van der Waals surface area contributed by atoms with Gasteiger partial charge >= 0.3 is 0 Å². The minimum absolute atomic E-state index is 0.0658. The summed E-state index contributed by atoms with van der Waals surface area (Å²) in [6, 6.07) is 5.96. The molecule has 0 unspecified atom stereocenters. The summed E-state index contributed by atoms with van der Waals surface area (Å²) >= 11 is 1.45. The average molecular weight is 521 g/mol. The predicted molar refractivity (Wildman–Crippen MR) is 141 cm³/mol. The van der Waals surface area contributed by atoms with Crippen LogP contribution < -0.4 is 5.32 Å². The number of carbonyl (C=O) groups excluding carboxylic acids is 2. The quantitative estimate of drug-likeness (QED) is 0.513. The van der Waals surface area contributed by atoms with E-state index in [0.29, 0.717) is 35.8 Å². The van der Waals surface area contributed by atoms with Crippen molar-refractivity contribution in [3.63, 3.8) is 0 Å². The Balaban J connectivity index is 1.86. The molecule has 1 N–H and O–H groups in total. The topological polar surface area (TPSA) is 90.0 Å². The molecule has 1 aromatic carbocycles. The number of hydrogen-bond donors (Lipinski definition) is 1. The summed E-state index contributed by atoms with van der Waals surface area (Å²) in [4.78, 5) is 31.7. The number of nitrogens with zero attached hydrogens (tertiary/aromatic N) is 3. The molecule has 0 saturated heterocycles. The standard InChI is InChI=1S/C25H36N4O4S2/c1-6-9-15-28(5)35(32,33)19-12-10-18(11-13-19)23(30)26-24-22(25(31)29(7-2)8-3)20-14-16-27(4)17-21(20)34-24/h10-13H,6-9,14-17H2,1-5H3,(H,26,30). The summed E-state index contributed by atoms with van der Waals surface area (Å²) in [5.74, 6) is -0.433. The van der Waals surface area contributed by atoms with Gasteiger partial charge in [0.25, 0.3) is 11.8 Å². The Morgan fingerprint density at radius 1 is 1.11 bits per heavy atom. The number of thiophene rings is 1. The van der Waals surface area contributed by atoms with E-state index in [-0.39, 0.29) is 16.7 Å². The molecule has 2 heterocycles. The van der Waals surface area contributed by atoms with Crippen molar-refractivity contribution in [2.45, 2.75) is 51.5 Å². The molecule has 0 bridgehead atoms. The first-order chi connectivity index (χ1) is 16.6. The van der Waals surface area contributed by atoms with Crippen molar-refractivity contribution < 1.29 is 18.0 Å². The van der Waals surface area contributed by atoms with Gasteiger partial charge in [0.05, 0.1) is 10.5 Å². The molecule has 1 aliphatic heterocycles. The van der Waals surface area contributed by atoms with Gasteiger partial charge in [-0.05, 0) is 63.6 Å². The first kappa shape index (κ1) is 27.3. The number of sulfonamides is 1. The molecule has 10 heteroatoms. The van der Waals surface area contributed by atoms with Crippen molar-refractivity contribution in [1.82, 2.24) is 14.1 Å². The second-order valence-electron chi connectivity index (χ2n) is 8.83. The Morgan fingerprint density at radius 3 is 2.37 bits per heavy atom. The molecule has 0 saturated carbocycles. The molecular weight excluding hydrogens is 484 g/mol. The number of unbranched alkanes of at least 4 members (excludes halogenated alkanes) is 1. The average Bonchev–Trinajstić information content (AvgIpc) is 3.19.